The topological polar surface area (TPSA) is 50.4 Å². The molecule has 4 nitrogen and oxygen atoms in total. The summed E-state index contributed by atoms with van der Waals surface area (Å²) < 4.78 is 4.89. The summed E-state index contributed by atoms with van der Waals surface area (Å²) in [6.45, 7) is 6.05. The molecule has 0 bridgehead atoms. The van der Waals surface area contributed by atoms with Crippen LogP contribution in [0.4, 0.5) is 0 Å². The van der Waals surface area contributed by atoms with Crippen LogP contribution in [0, 0.1) is 0 Å². The molecule has 0 radical (unpaired) electrons. The lowest BCUT2D eigenvalue weighted by atomic mass is 10.2. The number of ether oxygens (including phenoxy) is 1. The molecular weight excluding hydrogens is 192 g/mol. The van der Waals surface area contributed by atoms with Gasteiger partial charge in [-0.1, -0.05) is 13.8 Å². The smallest absolute Gasteiger partial charge is 0.233 e. The Balaban J connectivity index is 3.40. The summed E-state index contributed by atoms with van der Waals surface area (Å²) >= 11 is 0. The van der Waals surface area contributed by atoms with Gasteiger partial charge in [0.2, 0.25) is 5.91 Å². The molecule has 2 N–H and O–H groups in total. The van der Waals surface area contributed by atoms with Crippen LogP contribution in [-0.2, 0) is 9.53 Å². The van der Waals surface area contributed by atoms with Crippen LogP contribution >= 0.6 is 0 Å². The number of carbonyl (C=O) groups excluding carboxylic acids is 1. The van der Waals surface area contributed by atoms with Crippen LogP contribution in [0.1, 0.15) is 33.1 Å². The van der Waals surface area contributed by atoms with E-state index < -0.39 is 0 Å². The number of methoxy groups -OCH3 is 1. The molecule has 0 fully saturated rings. The van der Waals surface area contributed by atoms with Gasteiger partial charge in [0.15, 0.2) is 0 Å². The van der Waals surface area contributed by atoms with Crippen LogP contribution in [0.5, 0.6) is 0 Å². The number of carbonyl (C=O) groups is 1. The maximum atomic E-state index is 11.3. The van der Waals surface area contributed by atoms with Gasteiger partial charge in [-0.05, 0) is 19.3 Å². The van der Waals surface area contributed by atoms with Crippen molar-refractivity contribution in [2.24, 2.45) is 0 Å². The number of hydrogen-bond donors (Lipinski definition) is 2. The normalized spacial score (nSPS) is 10.7. The van der Waals surface area contributed by atoms with E-state index in [4.69, 9.17) is 4.74 Å². The van der Waals surface area contributed by atoms with E-state index in [1.807, 2.05) is 0 Å². The summed E-state index contributed by atoms with van der Waals surface area (Å²) in [6, 6.07) is 0.453. The maximum Gasteiger partial charge on any atom is 0.233 e. The average Bonchev–Trinajstić information content (AvgIpc) is 2.26. The minimum atomic E-state index is 0.0676. The van der Waals surface area contributed by atoms with Crippen molar-refractivity contribution in [3.05, 3.63) is 0 Å². The van der Waals surface area contributed by atoms with E-state index in [0.717, 1.165) is 19.3 Å². The van der Waals surface area contributed by atoms with Gasteiger partial charge in [0, 0.05) is 26.3 Å². The van der Waals surface area contributed by atoms with Gasteiger partial charge >= 0.3 is 0 Å². The molecule has 0 aliphatic carbocycles. The summed E-state index contributed by atoms with van der Waals surface area (Å²) in [5, 5.41) is 6.06. The first kappa shape index (κ1) is 14.4. The largest absolute Gasteiger partial charge is 0.385 e. The summed E-state index contributed by atoms with van der Waals surface area (Å²) in [5.41, 5.74) is 0. The Morgan fingerprint density at radius 3 is 2.53 bits per heavy atom. The molecule has 0 saturated heterocycles. The molecule has 1 amide bonds. The Hall–Kier alpha value is -0.610. The van der Waals surface area contributed by atoms with Gasteiger partial charge < -0.3 is 15.4 Å². The summed E-state index contributed by atoms with van der Waals surface area (Å²) in [4.78, 5) is 11.3. The Labute approximate surface area is 92.8 Å². The fraction of sp³-hybridized carbons (Fsp3) is 0.909. The summed E-state index contributed by atoms with van der Waals surface area (Å²) in [6.07, 6.45) is 2.99. The highest BCUT2D eigenvalue weighted by Crippen LogP contribution is 1.94. The fourth-order valence-electron chi connectivity index (χ4n) is 1.32. The molecule has 0 heterocycles. The van der Waals surface area contributed by atoms with Crippen LogP contribution in [0.15, 0.2) is 0 Å². The lowest BCUT2D eigenvalue weighted by Gasteiger charge is -2.14. The van der Waals surface area contributed by atoms with Crippen molar-refractivity contribution in [3.63, 3.8) is 0 Å². The molecular formula is C11H24N2O2. The molecule has 0 atom stereocenters. The number of hydrogen-bond acceptors (Lipinski definition) is 3. The van der Waals surface area contributed by atoms with Crippen LogP contribution in [-0.4, -0.2) is 38.8 Å². The molecule has 0 unspecified atom stereocenters. The highest BCUT2D eigenvalue weighted by molar-refractivity contribution is 5.77. The van der Waals surface area contributed by atoms with E-state index in [9.17, 15) is 4.79 Å². The van der Waals surface area contributed by atoms with E-state index >= 15 is 0 Å². The van der Waals surface area contributed by atoms with E-state index in [2.05, 4.69) is 24.5 Å². The number of rotatable bonds is 9. The molecule has 4 heteroatoms. The average molecular weight is 216 g/mol. The van der Waals surface area contributed by atoms with E-state index in [1.54, 1.807) is 7.11 Å². The van der Waals surface area contributed by atoms with E-state index in [1.165, 1.54) is 0 Å². The third kappa shape index (κ3) is 8.39. The molecule has 0 aliphatic heterocycles. The van der Waals surface area contributed by atoms with Crippen molar-refractivity contribution < 1.29 is 9.53 Å². The zero-order chi connectivity index (χ0) is 11.5. The van der Waals surface area contributed by atoms with E-state index in [-0.39, 0.29) is 5.91 Å². The molecule has 0 spiro atoms. The third-order valence-corrected chi connectivity index (χ3v) is 2.38. The second kappa shape index (κ2) is 9.93. The predicted octanol–water partition coefficient (Wildman–Crippen LogP) is 0.917. The minimum Gasteiger partial charge on any atom is -0.385 e. The second-order valence-electron chi connectivity index (χ2n) is 3.59. The molecule has 0 rings (SSSR count). The first-order chi connectivity index (χ1) is 7.24. The van der Waals surface area contributed by atoms with Gasteiger partial charge in [-0.3, -0.25) is 4.79 Å². The summed E-state index contributed by atoms with van der Waals surface area (Å²) in [7, 11) is 1.66. The molecule has 0 saturated carbocycles. The van der Waals surface area contributed by atoms with Gasteiger partial charge in [-0.2, -0.15) is 0 Å². The summed E-state index contributed by atoms with van der Waals surface area (Å²) in [5.74, 6) is 0.0676. The van der Waals surface area contributed by atoms with Crippen molar-refractivity contribution >= 4 is 5.91 Å². The zero-order valence-electron chi connectivity index (χ0n) is 10.1. The number of nitrogens with one attached hydrogen (secondary N) is 2. The highest BCUT2D eigenvalue weighted by Gasteiger charge is 2.05. The highest BCUT2D eigenvalue weighted by atomic mass is 16.5. The SMILES string of the molecule is CCC(CC)NCC(=O)NCCCOC. The van der Waals surface area contributed by atoms with Gasteiger partial charge in [0.1, 0.15) is 0 Å². The minimum absolute atomic E-state index is 0.0676. The standard InChI is InChI=1S/C11H24N2O2/c1-4-10(5-2)13-9-11(14)12-7-6-8-15-3/h10,13H,4-9H2,1-3H3,(H,12,14). The lowest BCUT2D eigenvalue weighted by molar-refractivity contribution is -0.120. The van der Waals surface area contributed by atoms with E-state index in [0.29, 0.717) is 25.7 Å². The first-order valence-corrected chi connectivity index (χ1v) is 5.73. The van der Waals surface area contributed by atoms with Crippen LogP contribution in [0.2, 0.25) is 0 Å². The fourth-order valence-corrected chi connectivity index (χ4v) is 1.32. The van der Waals surface area contributed by atoms with Gasteiger partial charge in [-0.25, -0.2) is 0 Å². The lowest BCUT2D eigenvalue weighted by Crippen LogP contribution is -2.39. The molecule has 15 heavy (non-hydrogen) atoms. The Kier molecular flexibility index (Phi) is 9.52. The van der Waals surface area contributed by atoms with Crippen molar-refractivity contribution in [3.8, 4) is 0 Å². The van der Waals surface area contributed by atoms with Crippen LogP contribution in [0.3, 0.4) is 0 Å². The molecule has 0 aromatic carbocycles. The quantitative estimate of drug-likeness (QED) is 0.563. The number of amides is 1. The zero-order valence-corrected chi connectivity index (χ0v) is 10.1. The molecule has 0 aromatic rings. The van der Waals surface area contributed by atoms with Crippen LogP contribution < -0.4 is 10.6 Å². The molecule has 0 aliphatic rings. The Morgan fingerprint density at radius 2 is 2.00 bits per heavy atom. The van der Waals surface area contributed by atoms with Crippen molar-refractivity contribution in [2.75, 3.05) is 26.8 Å². The van der Waals surface area contributed by atoms with Crippen molar-refractivity contribution in [2.45, 2.75) is 39.2 Å². The second-order valence-corrected chi connectivity index (χ2v) is 3.59. The third-order valence-electron chi connectivity index (χ3n) is 2.38. The Morgan fingerprint density at radius 1 is 1.33 bits per heavy atom. The van der Waals surface area contributed by atoms with Gasteiger partial charge in [-0.15, -0.1) is 0 Å². The predicted molar refractivity (Wildman–Crippen MR) is 61.9 cm³/mol. The monoisotopic (exact) mass is 216 g/mol. The van der Waals surface area contributed by atoms with Crippen molar-refractivity contribution in [1.82, 2.24) is 10.6 Å². The maximum absolute atomic E-state index is 11.3. The van der Waals surface area contributed by atoms with Gasteiger partial charge in [0.05, 0.1) is 6.54 Å². The van der Waals surface area contributed by atoms with Crippen LogP contribution in [0.25, 0.3) is 0 Å². The first-order valence-electron chi connectivity index (χ1n) is 5.73. The Bertz CT molecular complexity index is 159. The molecule has 90 valence electrons. The van der Waals surface area contributed by atoms with Crippen molar-refractivity contribution in [1.29, 1.82) is 0 Å². The van der Waals surface area contributed by atoms with Gasteiger partial charge in [0.25, 0.3) is 0 Å². The molecule has 0 aromatic heterocycles.